The van der Waals surface area contributed by atoms with Crippen molar-refractivity contribution in [2.45, 2.75) is 43.9 Å². The van der Waals surface area contributed by atoms with Crippen LogP contribution in [0.5, 0.6) is 5.75 Å². The number of nitrogens with zero attached hydrogens (tertiary/aromatic N) is 2. The van der Waals surface area contributed by atoms with E-state index in [1.807, 2.05) is 18.3 Å². The Morgan fingerprint density at radius 1 is 1.25 bits per heavy atom. The van der Waals surface area contributed by atoms with Crippen molar-refractivity contribution in [1.29, 1.82) is 0 Å². The molecule has 2 saturated heterocycles. The average molecular weight is 428 g/mol. The lowest BCUT2D eigenvalue weighted by atomic mass is 9.82. The van der Waals surface area contributed by atoms with E-state index < -0.39 is 0 Å². The smallest absolute Gasteiger partial charge is 0.145 e. The van der Waals surface area contributed by atoms with Crippen LogP contribution in [-0.4, -0.2) is 55.4 Å². The first-order chi connectivity index (χ1) is 12.7. The summed E-state index contributed by atoms with van der Waals surface area (Å²) in [6.07, 6.45) is 6.34. The molecule has 156 valence electrons. The lowest BCUT2D eigenvalue weighted by Crippen LogP contribution is -2.52. The first kappa shape index (κ1) is 23.2. The molecule has 2 aromatic rings. The Kier molecular flexibility index (Phi) is 8.34. The molecular weight excluding hydrogens is 397 g/mol. The fourth-order valence-corrected chi connectivity index (χ4v) is 4.52. The van der Waals surface area contributed by atoms with E-state index in [-0.39, 0.29) is 30.4 Å². The highest BCUT2D eigenvalue weighted by Gasteiger charge is 2.39. The highest BCUT2D eigenvalue weighted by Crippen LogP contribution is 2.35. The maximum Gasteiger partial charge on any atom is 0.145 e. The number of fused-ring (bicyclic) bond motifs is 1. The van der Waals surface area contributed by atoms with Crippen LogP contribution in [0.25, 0.3) is 10.9 Å². The lowest BCUT2D eigenvalue weighted by Gasteiger charge is -2.46. The van der Waals surface area contributed by atoms with Crippen LogP contribution in [0, 0.1) is 0 Å². The second kappa shape index (κ2) is 10.1. The summed E-state index contributed by atoms with van der Waals surface area (Å²) in [5.41, 5.74) is 2.34. The zero-order valence-electron chi connectivity index (χ0n) is 16.6. The maximum atomic E-state index is 6.24. The van der Waals surface area contributed by atoms with Gasteiger partial charge in [0.05, 0.1) is 12.7 Å². The van der Waals surface area contributed by atoms with E-state index in [1.165, 1.54) is 10.9 Å². The molecule has 28 heavy (non-hydrogen) atoms. The Bertz CT molecular complexity index is 763. The molecule has 2 aliphatic heterocycles. The standard InChI is InChI=1S/C21H29N3O2.2ClH/c1-24(17-7-13-26-21(14-17)8-11-22-12-9-21)15-16-5-6-19(25-2)20-18(16)4-3-10-23-20;;/h3-6,10,17,22H,7-9,11-15H2,1-2H3;2*1H. The normalized spacial score (nSPS) is 21.2. The van der Waals surface area contributed by atoms with Gasteiger partial charge in [0.2, 0.25) is 0 Å². The molecule has 1 N–H and O–H groups in total. The topological polar surface area (TPSA) is 46.6 Å². The van der Waals surface area contributed by atoms with Gasteiger partial charge in [-0.25, -0.2) is 0 Å². The number of ether oxygens (including phenoxy) is 2. The molecule has 7 heteroatoms. The molecule has 0 radical (unpaired) electrons. The van der Waals surface area contributed by atoms with Crippen molar-refractivity contribution in [3.8, 4) is 5.75 Å². The lowest BCUT2D eigenvalue weighted by molar-refractivity contribution is -0.119. The third kappa shape index (κ3) is 4.71. The molecule has 3 heterocycles. The van der Waals surface area contributed by atoms with Crippen LogP contribution in [0.2, 0.25) is 0 Å². The number of methoxy groups -OCH3 is 1. The molecule has 1 aromatic carbocycles. The van der Waals surface area contributed by atoms with Crippen molar-refractivity contribution in [3.05, 3.63) is 36.0 Å². The molecule has 5 nitrogen and oxygen atoms in total. The average Bonchev–Trinajstić information content (AvgIpc) is 2.69. The number of halogens is 2. The van der Waals surface area contributed by atoms with Gasteiger partial charge in [-0.2, -0.15) is 0 Å². The van der Waals surface area contributed by atoms with E-state index in [1.54, 1.807) is 7.11 Å². The zero-order chi connectivity index (χ0) is 18.0. The highest BCUT2D eigenvalue weighted by molar-refractivity contribution is 5.87. The Morgan fingerprint density at radius 2 is 2.04 bits per heavy atom. The summed E-state index contributed by atoms with van der Waals surface area (Å²) in [7, 11) is 3.95. The Balaban J connectivity index is 0.00000140. The number of rotatable bonds is 4. The predicted octanol–water partition coefficient (Wildman–Crippen LogP) is 3.82. The Morgan fingerprint density at radius 3 is 2.79 bits per heavy atom. The van der Waals surface area contributed by atoms with E-state index in [4.69, 9.17) is 9.47 Å². The van der Waals surface area contributed by atoms with Gasteiger partial charge in [0, 0.05) is 30.8 Å². The van der Waals surface area contributed by atoms with E-state index in [0.717, 1.165) is 63.2 Å². The van der Waals surface area contributed by atoms with Gasteiger partial charge in [-0.05, 0) is 63.5 Å². The molecular formula is C21H31Cl2N3O2. The molecule has 4 rings (SSSR count). The second-order valence-corrected chi connectivity index (χ2v) is 7.67. The van der Waals surface area contributed by atoms with Gasteiger partial charge in [0.1, 0.15) is 11.3 Å². The predicted molar refractivity (Wildman–Crippen MR) is 118 cm³/mol. The summed E-state index contributed by atoms with van der Waals surface area (Å²) in [4.78, 5) is 7.03. The van der Waals surface area contributed by atoms with Crippen molar-refractivity contribution in [2.75, 3.05) is 33.9 Å². The van der Waals surface area contributed by atoms with Crippen molar-refractivity contribution in [3.63, 3.8) is 0 Å². The van der Waals surface area contributed by atoms with E-state index in [9.17, 15) is 0 Å². The van der Waals surface area contributed by atoms with Gasteiger partial charge in [-0.15, -0.1) is 24.8 Å². The van der Waals surface area contributed by atoms with Crippen molar-refractivity contribution >= 4 is 35.7 Å². The van der Waals surface area contributed by atoms with Crippen LogP contribution in [0.15, 0.2) is 30.5 Å². The minimum absolute atomic E-state index is 0. The molecule has 0 amide bonds. The first-order valence-corrected chi connectivity index (χ1v) is 9.66. The third-order valence-corrected chi connectivity index (χ3v) is 6.07. The number of hydrogen-bond donors (Lipinski definition) is 1. The van der Waals surface area contributed by atoms with Gasteiger partial charge < -0.3 is 14.8 Å². The quantitative estimate of drug-likeness (QED) is 0.803. The summed E-state index contributed by atoms with van der Waals surface area (Å²) >= 11 is 0. The van der Waals surface area contributed by atoms with E-state index >= 15 is 0 Å². The number of aromatic nitrogens is 1. The van der Waals surface area contributed by atoms with E-state index in [2.05, 4.69) is 34.4 Å². The van der Waals surface area contributed by atoms with Crippen LogP contribution < -0.4 is 10.1 Å². The fraction of sp³-hybridized carbons (Fsp3) is 0.571. The number of nitrogens with one attached hydrogen (secondary N) is 1. The molecule has 0 bridgehead atoms. The Labute approximate surface area is 180 Å². The van der Waals surface area contributed by atoms with Crippen molar-refractivity contribution in [1.82, 2.24) is 15.2 Å². The first-order valence-electron chi connectivity index (χ1n) is 9.66. The van der Waals surface area contributed by atoms with Gasteiger partial charge in [0.25, 0.3) is 0 Å². The SMILES string of the molecule is COc1ccc(CN(C)C2CCOC3(CCNCC3)C2)c2cccnc12.Cl.Cl. The van der Waals surface area contributed by atoms with Crippen molar-refractivity contribution in [2.24, 2.45) is 0 Å². The van der Waals surface area contributed by atoms with Crippen molar-refractivity contribution < 1.29 is 9.47 Å². The molecule has 1 spiro atoms. The van der Waals surface area contributed by atoms with Gasteiger partial charge >= 0.3 is 0 Å². The minimum atomic E-state index is 0. The molecule has 1 atom stereocenters. The molecule has 2 aliphatic rings. The van der Waals surface area contributed by atoms with Crippen LogP contribution >= 0.6 is 24.8 Å². The summed E-state index contributed by atoms with van der Waals surface area (Å²) in [5.74, 6) is 0.840. The monoisotopic (exact) mass is 427 g/mol. The number of pyridine rings is 1. The third-order valence-electron chi connectivity index (χ3n) is 6.07. The number of hydrogen-bond acceptors (Lipinski definition) is 5. The molecule has 0 aliphatic carbocycles. The van der Waals surface area contributed by atoms with Crippen LogP contribution in [0.4, 0.5) is 0 Å². The van der Waals surface area contributed by atoms with Crippen LogP contribution in [0.1, 0.15) is 31.2 Å². The summed E-state index contributed by atoms with van der Waals surface area (Å²) in [6.45, 7) is 3.95. The van der Waals surface area contributed by atoms with Crippen LogP contribution in [0.3, 0.4) is 0 Å². The van der Waals surface area contributed by atoms with E-state index in [0.29, 0.717) is 6.04 Å². The van der Waals surface area contributed by atoms with Gasteiger partial charge in [-0.1, -0.05) is 12.1 Å². The summed E-state index contributed by atoms with van der Waals surface area (Å²) < 4.78 is 11.7. The fourth-order valence-electron chi connectivity index (χ4n) is 4.52. The second-order valence-electron chi connectivity index (χ2n) is 7.67. The van der Waals surface area contributed by atoms with Crippen LogP contribution in [-0.2, 0) is 11.3 Å². The van der Waals surface area contributed by atoms with Gasteiger partial charge in [0.15, 0.2) is 0 Å². The number of piperidine rings is 1. The maximum absolute atomic E-state index is 6.24. The summed E-state index contributed by atoms with van der Waals surface area (Å²) in [6, 6.07) is 8.93. The zero-order valence-corrected chi connectivity index (χ0v) is 18.3. The molecule has 1 unspecified atom stereocenters. The largest absolute Gasteiger partial charge is 0.494 e. The highest BCUT2D eigenvalue weighted by atomic mass is 35.5. The number of benzene rings is 1. The van der Waals surface area contributed by atoms with Gasteiger partial charge in [-0.3, -0.25) is 9.88 Å². The summed E-state index contributed by atoms with van der Waals surface area (Å²) in [5, 5.41) is 4.64. The Hall–Kier alpha value is -1.11. The minimum Gasteiger partial charge on any atom is -0.494 e. The molecule has 2 fully saturated rings. The molecule has 1 aromatic heterocycles. The molecule has 0 saturated carbocycles.